The quantitative estimate of drug-likeness (QED) is 0.114. The zero-order valence-corrected chi connectivity index (χ0v) is 23.1. The van der Waals surface area contributed by atoms with Gasteiger partial charge in [-0.15, -0.1) is 0 Å². The Kier molecular flexibility index (Phi) is 9.79. The topological polar surface area (TPSA) is 106 Å². The van der Waals surface area contributed by atoms with E-state index in [0.29, 0.717) is 16.9 Å². The number of nitrogens with one attached hydrogen (secondary N) is 2. The van der Waals surface area contributed by atoms with E-state index < -0.39 is 17.8 Å². The molecule has 0 heterocycles. The predicted molar refractivity (Wildman–Crippen MR) is 156 cm³/mol. The van der Waals surface area contributed by atoms with E-state index in [9.17, 15) is 14.4 Å². The summed E-state index contributed by atoms with van der Waals surface area (Å²) in [4.78, 5) is 37.9. The summed E-state index contributed by atoms with van der Waals surface area (Å²) in [6.45, 7) is -0.249. The van der Waals surface area contributed by atoms with E-state index >= 15 is 0 Å². The maximum absolute atomic E-state index is 13.0. The Morgan fingerprint density at radius 1 is 0.850 bits per heavy atom. The fourth-order valence-electron chi connectivity index (χ4n) is 3.87. The van der Waals surface area contributed by atoms with Crippen LogP contribution in [0.1, 0.15) is 33.0 Å². The number of benzene rings is 4. The molecule has 0 fully saturated rings. The van der Waals surface area contributed by atoms with Crippen LogP contribution in [0.15, 0.2) is 113 Å². The molecular formula is C31H26BrN3O5. The number of hydrogen-bond acceptors (Lipinski definition) is 6. The highest BCUT2D eigenvalue weighted by molar-refractivity contribution is 9.10. The third kappa shape index (κ3) is 7.64. The van der Waals surface area contributed by atoms with E-state index in [1.165, 1.54) is 13.3 Å². The van der Waals surface area contributed by atoms with Crippen molar-refractivity contribution in [3.63, 3.8) is 0 Å². The number of ether oxygens (including phenoxy) is 2. The molecule has 4 aromatic rings. The van der Waals surface area contributed by atoms with Crippen molar-refractivity contribution in [3.05, 3.63) is 130 Å². The van der Waals surface area contributed by atoms with Gasteiger partial charge in [-0.3, -0.25) is 9.59 Å². The number of carbonyl (C=O) groups is 3. The molecule has 9 heteroatoms. The monoisotopic (exact) mass is 599 g/mol. The second kappa shape index (κ2) is 13.9. The Morgan fingerprint density at radius 3 is 2.08 bits per heavy atom. The van der Waals surface area contributed by atoms with Crippen molar-refractivity contribution in [2.24, 2.45) is 5.10 Å². The van der Waals surface area contributed by atoms with Crippen LogP contribution in [0.4, 0.5) is 0 Å². The first-order chi connectivity index (χ1) is 19.4. The Labute approximate surface area is 240 Å². The molecule has 0 aliphatic carbocycles. The summed E-state index contributed by atoms with van der Waals surface area (Å²) < 4.78 is 11.7. The van der Waals surface area contributed by atoms with Crippen molar-refractivity contribution in [1.82, 2.24) is 10.7 Å². The molecule has 0 aliphatic rings. The van der Waals surface area contributed by atoms with Crippen molar-refractivity contribution < 1.29 is 23.9 Å². The molecule has 2 N–H and O–H groups in total. The van der Waals surface area contributed by atoms with Gasteiger partial charge in [0, 0.05) is 4.47 Å². The van der Waals surface area contributed by atoms with E-state index in [1.807, 2.05) is 60.7 Å². The predicted octanol–water partition coefficient (Wildman–Crippen LogP) is 5.08. The van der Waals surface area contributed by atoms with Crippen LogP contribution in [0.25, 0.3) is 0 Å². The SMILES string of the molecule is COc1cc(/C=N/NC(=O)CNC(=O)C(c2ccccc2)c2ccccc2)ccc1OC(=O)c1ccc(Br)cc1. The zero-order chi connectivity index (χ0) is 28.3. The summed E-state index contributed by atoms with van der Waals surface area (Å²) in [5, 5.41) is 6.65. The van der Waals surface area contributed by atoms with E-state index in [4.69, 9.17) is 9.47 Å². The minimum absolute atomic E-state index is 0.241. The molecule has 8 nitrogen and oxygen atoms in total. The van der Waals surface area contributed by atoms with Crippen molar-refractivity contribution in [2.75, 3.05) is 13.7 Å². The molecular weight excluding hydrogens is 574 g/mol. The minimum atomic E-state index is -0.553. The minimum Gasteiger partial charge on any atom is -0.493 e. The number of hydrazone groups is 1. The second-order valence-corrected chi connectivity index (χ2v) is 9.49. The van der Waals surface area contributed by atoms with Gasteiger partial charge in [0.05, 0.1) is 31.4 Å². The van der Waals surface area contributed by atoms with Gasteiger partial charge >= 0.3 is 5.97 Å². The summed E-state index contributed by atoms with van der Waals surface area (Å²) in [5.41, 5.74) is 5.04. The highest BCUT2D eigenvalue weighted by Crippen LogP contribution is 2.29. The lowest BCUT2D eigenvalue weighted by Crippen LogP contribution is -2.37. The molecule has 202 valence electrons. The van der Waals surface area contributed by atoms with Crippen LogP contribution >= 0.6 is 15.9 Å². The fraction of sp³-hybridized carbons (Fsp3) is 0.0968. The molecule has 0 bridgehead atoms. The van der Waals surface area contributed by atoms with E-state index in [-0.39, 0.29) is 18.2 Å². The van der Waals surface area contributed by atoms with Gasteiger partial charge in [0.25, 0.3) is 5.91 Å². The number of carbonyl (C=O) groups excluding carboxylic acids is 3. The average Bonchev–Trinajstić information content (AvgIpc) is 2.98. The Bertz CT molecular complexity index is 1450. The van der Waals surface area contributed by atoms with Gasteiger partial charge in [-0.25, -0.2) is 10.2 Å². The van der Waals surface area contributed by atoms with Gasteiger partial charge in [-0.2, -0.15) is 5.10 Å². The lowest BCUT2D eigenvalue weighted by molar-refractivity contribution is -0.126. The molecule has 0 radical (unpaired) electrons. The van der Waals surface area contributed by atoms with Gasteiger partial charge in [0.2, 0.25) is 5.91 Å². The Hall–Kier alpha value is -4.76. The first kappa shape index (κ1) is 28.3. The van der Waals surface area contributed by atoms with Crippen LogP contribution in [0, 0.1) is 0 Å². The van der Waals surface area contributed by atoms with Gasteiger partial charge in [0.1, 0.15) is 0 Å². The highest BCUT2D eigenvalue weighted by Gasteiger charge is 2.22. The van der Waals surface area contributed by atoms with Crippen LogP contribution < -0.4 is 20.2 Å². The standard InChI is InChI=1S/C31H26BrN3O5/c1-39-27-18-21(12-17-26(27)40-31(38)24-13-15-25(32)16-14-24)19-34-35-28(36)20-33-30(37)29(22-8-4-2-5-9-22)23-10-6-3-7-11-23/h2-19,29H,20H2,1H3,(H,33,37)(H,35,36)/b34-19+. The lowest BCUT2D eigenvalue weighted by atomic mass is 9.90. The fourth-order valence-corrected chi connectivity index (χ4v) is 4.13. The number of halogens is 1. The van der Waals surface area contributed by atoms with Crippen LogP contribution in [-0.2, 0) is 9.59 Å². The normalized spacial score (nSPS) is 10.8. The second-order valence-electron chi connectivity index (χ2n) is 8.57. The van der Waals surface area contributed by atoms with Crippen LogP contribution in [0.3, 0.4) is 0 Å². The Balaban J connectivity index is 1.33. The maximum atomic E-state index is 13.0. The molecule has 0 atom stereocenters. The lowest BCUT2D eigenvalue weighted by Gasteiger charge is -2.17. The van der Waals surface area contributed by atoms with Gasteiger partial charge in [-0.05, 0) is 59.2 Å². The van der Waals surface area contributed by atoms with Crippen molar-refractivity contribution in [3.8, 4) is 11.5 Å². The first-order valence-corrected chi connectivity index (χ1v) is 13.1. The van der Waals surface area contributed by atoms with Crippen LogP contribution in [0.2, 0.25) is 0 Å². The molecule has 40 heavy (non-hydrogen) atoms. The molecule has 0 aliphatic heterocycles. The number of hydrogen-bond donors (Lipinski definition) is 2. The van der Waals surface area contributed by atoms with Crippen LogP contribution in [0.5, 0.6) is 11.5 Å². The molecule has 0 spiro atoms. The number of methoxy groups -OCH3 is 1. The summed E-state index contributed by atoms with van der Waals surface area (Å²) in [6, 6.07) is 30.4. The van der Waals surface area contributed by atoms with E-state index in [2.05, 4.69) is 31.8 Å². The van der Waals surface area contributed by atoms with Gasteiger partial charge in [0.15, 0.2) is 11.5 Å². The molecule has 0 unspecified atom stereocenters. The van der Waals surface area contributed by atoms with E-state index in [1.54, 1.807) is 42.5 Å². The smallest absolute Gasteiger partial charge is 0.343 e. The largest absolute Gasteiger partial charge is 0.493 e. The van der Waals surface area contributed by atoms with Gasteiger partial charge in [-0.1, -0.05) is 76.6 Å². The summed E-state index contributed by atoms with van der Waals surface area (Å²) in [5.74, 6) is -1.30. The third-order valence-corrected chi connectivity index (χ3v) is 6.35. The van der Waals surface area contributed by atoms with Crippen molar-refractivity contribution in [1.29, 1.82) is 0 Å². The number of rotatable bonds is 10. The summed E-state index contributed by atoms with van der Waals surface area (Å²) in [6.07, 6.45) is 1.42. The molecule has 4 aromatic carbocycles. The van der Waals surface area contributed by atoms with Crippen molar-refractivity contribution in [2.45, 2.75) is 5.92 Å². The summed E-state index contributed by atoms with van der Waals surface area (Å²) >= 11 is 3.33. The average molecular weight is 600 g/mol. The molecule has 2 amide bonds. The summed E-state index contributed by atoms with van der Waals surface area (Å²) in [7, 11) is 1.45. The molecule has 4 rings (SSSR count). The number of esters is 1. The van der Waals surface area contributed by atoms with Crippen molar-refractivity contribution >= 4 is 39.9 Å². The number of amides is 2. The zero-order valence-electron chi connectivity index (χ0n) is 21.5. The van der Waals surface area contributed by atoms with Crippen LogP contribution in [-0.4, -0.2) is 37.7 Å². The first-order valence-electron chi connectivity index (χ1n) is 12.3. The molecule has 0 saturated carbocycles. The highest BCUT2D eigenvalue weighted by atomic mass is 79.9. The number of nitrogens with zero attached hydrogens (tertiary/aromatic N) is 1. The Morgan fingerprint density at radius 2 is 1.48 bits per heavy atom. The van der Waals surface area contributed by atoms with Gasteiger partial charge < -0.3 is 14.8 Å². The van der Waals surface area contributed by atoms with E-state index in [0.717, 1.165) is 15.6 Å². The third-order valence-electron chi connectivity index (χ3n) is 5.82. The molecule has 0 saturated heterocycles. The maximum Gasteiger partial charge on any atom is 0.343 e. The molecule has 0 aromatic heterocycles.